The molecule has 24 heavy (non-hydrogen) atoms. The lowest BCUT2D eigenvalue weighted by molar-refractivity contribution is 1.33. The van der Waals surface area contributed by atoms with Crippen LogP contribution in [0.3, 0.4) is 0 Å². The minimum Gasteiger partial charge on any atom is -0.130 e. The number of benzene rings is 3. The van der Waals surface area contributed by atoms with Gasteiger partial charge in [0.2, 0.25) is 0 Å². The van der Waals surface area contributed by atoms with Crippen molar-refractivity contribution in [2.75, 3.05) is 6.26 Å². The Hall–Kier alpha value is -0.940. The molecule has 0 spiro atoms. The lowest BCUT2D eigenvalue weighted by Gasteiger charge is -2.05. The topological polar surface area (TPSA) is 0 Å². The maximum atomic E-state index is 2.20. The molecule has 0 N–H and O–H groups in total. The summed E-state index contributed by atoms with van der Waals surface area (Å²) in [6, 6.07) is 26.2. The smallest absolute Gasteiger partial charge is 0.0187 e. The molecule has 0 atom stereocenters. The standard InChI is InChI=1S/C20H18S4/c1-15-3-5-17(6-4-15)22-18-9-13-20(14-10-18)24-23-19-11-7-16(21-2)8-12-19/h3-14H,1-2H3. The van der Waals surface area contributed by atoms with E-state index >= 15 is 0 Å². The van der Waals surface area contributed by atoms with Gasteiger partial charge in [-0.3, -0.25) is 0 Å². The molecule has 0 aliphatic carbocycles. The first kappa shape index (κ1) is 17.9. The molecule has 0 saturated carbocycles. The highest BCUT2D eigenvalue weighted by atomic mass is 33.1. The third-order valence-electron chi connectivity index (χ3n) is 3.37. The summed E-state index contributed by atoms with van der Waals surface area (Å²) in [6.45, 7) is 2.12. The molecule has 0 saturated heterocycles. The van der Waals surface area contributed by atoms with Gasteiger partial charge in [-0.1, -0.05) is 51.0 Å². The van der Waals surface area contributed by atoms with Gasteiger partial charge in [-0.25, -0.2) is 0 Å². The predicted molar refractivity (Wildman–Crippen MR) is 112 cm³/mol. The van der Waals surface area contributed by atoms with E-state index < -0.39 is 0 Å². The molecule has 0 fully saturated rings. The second kappa shape index (κ2) is 8.95. The number of hydrogen-bond donors (Lipinski definition) is 0. The second-order valence-corrected chi connectivity index (χ2v) is 9.53. The van der Waals surface area contributed by atoms with Gasteiger partial charge in [0.15, 0.2) is 0 Å². The molecule has 0 unspecified atom stereocenters. The molecule has 0 aliphatic rings. The predicted octanol–water partition coefficient (Wildman–Crippen LogP) is 7.67. The van der Waals surface area contributed by atoms with Crippen LogP contribution in [-0.4, -0.2) is 6.26 Å². The molecule has 3 aromatic rings. The van der Waals surface area contributed by atoms with Gasteiger partial charge in [-0.2, -0.15) is 0 Å². The summed E-state index contributed by atoms with van der Waals surface area (Å²) >= 11 is 3.58. The quantitative estimate of drug-likeness (QED) is 0.315. The van der Waals surface area contributed by atoms with E-state index in [1.54, 1.807) is 45.1 Å². The summed E-state index contributed by atoms with van der Waals surface area (Å²) < 4.78 is 0. The third kappa shape index (κ3) is 5.28. The van der Waals surface area contributed by atoms with E-state index in [9.17, 15) is 0 Å². The van der Waals surface area contributed by atoms with Gasteiger partial charge in [0, 0.05) is 24.5 Å². The maximum absolute atomic E-state index is 2.20. The van der Waals surface area contributed by atoms with Crippen molar-refractivity contribution in [3.8, 4) is 0 Å². The Morgan fingerprint density at radius 2 is 0.875 bits per heavy atom. The largest absolute Gasteiger partial charge is 0.130 e. The summed E-state index contributed by atoms with van der Waals surface area (Å²) in [6.07, 6.45) is 2.10. The van der Waals surface area contributed by atoms with E-state index in [0.717, 1.165) is 0 Å². The average Bonchev–Trinajstić information content (AvgIpc) is 2.63. The fraction of sp³-hybridized carbons (Fsp3) is 0.100. The number of hydrogen-bond acceptors (Lipinski definition) is 4. The molecule has 3 rings (SSSR count). The van der Waals surface area contributed by atoms with Crippen molar-refractivity contribution in [3.63, 3.8) is 0 Å². The zero-order valence-electron chi connectivity index (χ0n) is 13.6. The third-order valence-corrected chi connectivity index (χ3v) is 7.55. The fourth-order valence-electron chi connectivity index (χ4n) is 2.03. The Labute approximate surface area is 160 Å². The van der Waals surface area contributed by atoms with E-state index in [2.05, 4.69) is 86.0 Å². The minimum atomic E-state index is 1.28. The monoisotopic (exact) mass is 386 g/mol. The van der Waals surface area contributed by atoms with Crippen molar-refractivity contribution < 1.29 is 0 Å². The lowest BCUT2D eigenvalue weighted by Crippen LogP contribution is -1.76. The van der Waals surface area contributed by atoms with E-state index in [1.165, 1.54) is 30.0 Å². The highest BCUT2D eigenvalue weighted by Crippen LogP contribution is 2.39. The van der Waals surface area contributed by atoms with Crippen LogP contribution in [0.1, 0.15) is 5.56 Å². The Morgan fingerprint density at radius 3 is 1.33 bits per heavy atom. The van der Waals surface area contributed by atoms with Crippen molar-refractivity contribution in [2.24, 2.45) is 0 Å². The van der Waals surface area contributed by atoms with Crippen LogP contribution in [0, 0.1) is 6.92 Å². The highest BCUT2D eigenvalue weighted by molar-refractivity contribution is 8.76. The number of thioether (sulfide) groups is 1. The summed E-state index contributed by atoms with van der Waals surface area (Å²) in [4.78, 5) is 6.43. The van der Waals surface area contributed by atoms with Crippen molar-refractivity contribution >= 4 is 45.1 Å². The molecule has 0 bridgehead atoms. The Kier molecular flexibility index (Phi) is 6.67. The number of rotatable bonds is 6. The second-order valence-electron chi connectivity index (χ2n) is 5.23. The van der Waals surface area contributed by atoms with Gasteiger partial charge in [0.25, 0.3) is 0 Å². The molecule has 122 valence electrons. The van der Waals surface area contributed by atoms with Gasteiger partial charge in [0.05, 0.1) is 0 Å². The van der Waals surface area contributed by atoms with Gasteiger partial charge in [0.1, 0.15) is 0 Å². The maximum Gasteiger partial charge on any atom is 0.0187 e. The van der Waals surface area contributed by atoms with Crippen LogP contribution in [0.15, 0.2) is 97.3 Å². The Bertz CT molecular complexity index is 762. The van der Waals surface area contributed by atoms with Crippen molar-refractivity contribution in [1.29, 1.82) is 0 Å². The number of aryl methyl sites for hydroxylation is 1. The van der Waals surface area contributed by atoms with Crippen LogP contribution >= 0.6 is 45.1 Å². The first-order valence-corrected chi connectivity index (χ1v) is 11.8. The van der Waals surface area contributed by atoms with E-state index in [-0.39, 0.29) is 0 Å². The minimum absolute atomic E-state index is 1.28. The molecular weight excluding hydrogens is 368 g/mol. The Balaban J connectivity index is 1.56. The highest BCUT2D eigenvalue weighted by Gasteiger charge is 2.01. The molecule has 3 aromatic carbocycles. The van der Waals surface area contributed by atoms with E-state index in [0.29, 0.717) is 0 Å². The molecule has 0 amide bonds. The van der Waals surface area contributed by atoms with Crippen LogP contribution in [-0.2, 0) is 0 Å². The van der Waals surface area contributed by atoms with Gasteiger partial charge >= 0.3 is 0 Å². The molecule has 0 aliphatic heterocycles. The van der Waals surface area contributed by atoms with Gasteiger partial charge in [-0.05, 0) is 73.8 Å². The van der Waals surface area contributed by atoms with Crippen LogP contribution < -0.4 is 0 Å². The van der Waals surface area contributed by atoms with Gasteiger partial charge in [-0.15, -0.1) is 11.8 Å². The van der Waals surface area contributed by atoms with Crippen LogP contribution in [0.4, 0.5) is 0 Å². The zero-order chi connectivity index (χ0) is 16.8. The van der Waals surface area contributed by atoms with Crippen molar-refractivity contribution in [1.82, 2.24) is 0 Å². The summed E-state index contributed by atoms with van der Waals surface area (Å²) in [5, 5.41) is 0. The lowest BCUT2D eigenvalue weighted by atomic mass is 10.2. The molecular formula is C20H18S4. The molecule has 0 aromatic heterocycles. The summed E-state index contributed by atoms with van der Waals surface area (Å²) in [7, 11) is 3.61. The van der Waals surface area contributed by atoms with Crippen molar-refractivity contribution in [3.05, 3.63) is 78.4 Å². The molecule has 0 heterocycles. The first-order chi connectivity index (χ1) is 11.7. The average molecular weight is 387 g/mol. The SMILES string of the molecule is CSc1ccc(SSc2ccc(Sc3ccc(C)cc3)cc2)cc1. The fourth-order valence-corrected chi connectivity index (χ4v) is 5.19. The first-order valence-electron chi connectivity index (χ1n) is 7.56. The summed E-state index contributed by atoms with van der Waals surface area (Å²) in [5.74, 6) is 0. The zero-order valence-corrected chi connectivity index (χ0v) is 16.8. The van der Waals surface area contributed by atoms with E-state index in [1.807, 2.05) is 0 Å². The summed E-state index contributed by atoms with van der Waals surface area (Å²) in [5.41, 5.74) is 1.30. The van der Waals surface area contributed by atoms with Gasteiger partial charge < -0.3 is 0 Å². The molecule has 0 nitrogen and oxygen atoms in total. The Morgan fingerprint density at radius 1 is 0.500 bits per heavy atom. The molecule has 4 heteroatoms. The van der Waals surface area contributed by atoms with Crippen LogP contribution in [0.25, 0.3) is 0 Å². The van der Waals surface area contributed by atoms with Crippen LogP contribution in [0.5, 0.6) is 0 Å². The van der Waals surface area contributed by atoms with Crippen LogP contribution in [0.2, 0.25) is 0 Å². The molecule has 0 radical (unpaired) electrons. The normalized spacial score (nSPS) is 10.8. The van der Waals surface area contributed by atoms with Crippen molar-refractivity contribution in [2.45, 2.75) is 31.4 Å². The van der Waals surface area contributed by atoms with E-state index in [4.69, 9.17) is 0 Å².